The molecule has 9 heteroatoms. The summed E-state index contributed by atoms with van der Waals surface area (Å²) in [5.74, 6) is -0.866. The fraction of sp³-hybridized carbons (Fsp3) is 0.250. The molecule has 1 unspecified atom stereocenters. The highest BCUT2D eigenvalue weighted by atomic mass is 32.2. The number of esters is 1. The molecule has 150 valence electrons. The van der Waals surface area contributed by atoms with Gasteiger partial charge >= 0.3 is 5.97 Å². The number of carbonyl (C=O) groups is 2. The Morgan fingerprint density at radius 3 is 2.66 bits per heavy atom. The van der Waals surface area contributed by atoms with E-state index in [1.165, 1.54) is 13.2 Å². The van der Waals surface area contributed by atoms with Crippen molar-refractivity contribution < 1.29 is 14.3 Å². The number of carbonyl (C=O) groups excluding carboxylic acids is 2. The van der Waals surface area contributed by atoms with Crippen molar-refractivity contribution >= 4 is 40.4 Å². The first-order chi connectivity index (χ1) is 13.8. The zero-order chi connectivity index (χ0) is 21.1. The minimum absolute atomic E-state index is 0.0589. The van der Waals surface area contributed by atoms with Crippen LogP contribution in [0.2, 0.25) is 0 Å². The molecule has 1 atom stereocenters. The van der Waals surface area contributed by atoms with Gasteiger partial charge in [0.2, 0.25) is 5.91 Å². The zero-order valence-corrected chi connectivity index (χ0v) is 17.2. The van der Waals surface area contributed by atoms with E-state index in [-0.39, 0.29) is 27.7 Å². The molecule has 3 rings (SSSR count). The van der Waals surface area contributed by atoms with Gasteiger partial charge in [-0.2, -0.15) is 0 Å². The van der Waals surface area contributed by atoms with E-state index in [0.29, 0.717) is 11.4 Å². The second-order valence-electron chi connectivity index (χ2n) is 6.49. The SMILES string of the molecule is COC(=O)c1cc(C)nc2nc(SC(C)C(=O)Nc3cccc(C)c3)[nH]c(=O)c12. The van der Waals surface area contributed by atoms with E-state index >= 15 is 0 Å². The van der Waals surface area contributed by atoms with Gasteiger partial charge in [0.1, 0.15) is 0 Å². The molecule has 29 heavy (non-hydrogen) atoms. The largest absolute Gasteiger partial charge is 0.465 e. The van der Waals surface area contributed by atoms with E-state index in [4.69, 9.17) is 4.74 Å². The number of H-pyrrole nitrogens is 1. The van der Waals surface area contributed by atoms with Crippen molar-refractivity contribution in [2.45, 2.75) is 31.2 Å². The molecular weight excluding hydrogens is 392 g/mol. The summed E-state index contributed by atoms with van der Waals surface area (Å²) in [5, 5.41) is 2.61. The van der Waals surface area contributed by atoms with Crippen molar-refractivity contribution in [3.8, 4) is 0 Å². The normalized spacial score (nSPS) is 11.9. The number of hydrogen-bond donors (Lipinski definition) is 2. The van der Waals surface area contributed by atoms with Crippen LogP contribution in [0, 0.1) is 13.8 Å². The highest BCUT2D eigenvalue weighted by molar-refractivity contribution is 8.00. The van der Waals surface area contributed by atoms with Crippen molar-refractivity contribution in [2.75, 3.05) is 12.4 Å². The summed E-state index contributed by atoms with van der Waals surface area (Å²) in [5.41, 5.74) is 1.97. The maximum atomic E-state index is 12.6. The van der Waals surface area contributed by atoms with Crippen LogP contribution in [0.3, 0.4) is 0 Å². The quantitative estimate of drug-likeness (QED) is 0.376. The maximum absolute atomic E-state index is 12.6. The van der Waals surface area contributed by atoms with E-state index in [1.54, 1.807) is 19.9 Å². The third-order valence-electron chi connectivity index (χ3n) is 4.13. The first-order valence-electron chi connectivity index (χ1n) is 8.82. The van der Waals surface area contributed by atoms with Crippen LogP contribution in [0.25, 0.3) is 11.0 Å². The van der Waals surface area contributed by atoms with E-state index in [2.05, 4.69) is 20.3 Å². The third-order valence-corrected chi connectivity index (χ3v) is 5.12. The molecule has 0 saturated carbocycles. The Morgan fingerprint density at radius 1 is 1.21 bits per heavy atom. The van der Waals surface area contributed by atoms with Gasteiger partial charge in [0.25, 0.3) is 5.56 Å². The Hall–Kier alpha value is -3.20. The van der Waals surface area contributed by atoms with Crippen molar-refractivity contribution in [1.29, 1.82) is 0 Å². The van der Waals surface area contributed by atoms with Crippen molar-refractivity contribution in [3.05, 3.63) is 57.5 Å². The Bertz CT molecular complexity index is 1160. The minimum Gasteiger partial charge on any atom is -0.465 e. The molecule has 2 aromatic heterocycles. The molecule has 0 aliphatic carbocycles. The number of methoxy groups -OCH3 is 1. The summed E-state index contributed by atoms with van der Waals surface area (Å²) in [6.45, 7) is 5.35. The van der Waals surface area contributed by atoms with E-state index in [9.17, 15) is 14.4 Å². The lowest BCUT2D eigenvalue weighted by molar-refractivity contribution is -0.115. The first kappa shape index (κ1) is 20.5. The number of thioether (sulfide) groups is 1. The Labute approximate surface area is 171 Å². The van der Waals surface area contributed by atoms with Crippen LogP contribution in [0.15, 0.2) is 40.3 Å². The van der Waals surface area contributed by atoms with Gasteiger partial charge in [-0.1, -0.05) is 23.9 Å². The molecule has 1 aromatic carbocycles. The molecule has 0 bridgehead atoms. The number of amides is 1. The second-order valence-corrected chi connectivity index (χ2v) is 7.82. The monoisotopic (exact) mass is 412 g/mol. The lowest BCUT2D eigenvalue weighted by Gasteiger charge is -2.12. The molecule has 0 aliphatic heterocycles. The summed E-state index contributed by atoms with van der Waals surface area (Å²) >= 11 is 1.10. The van der Waals surface area contributed by atoms with E-state index in [1.807, 2.05) is 25.1 Å². The first-order valence-corrected chi connectivity index (χ1v) is 9.70. The van der Waals surface area contributed by atoms with Crippen LogP contribution in [-0.2, 0) is 9.53 Å². The number of aromatic nitrogens is 3. The van der Waals surface area contributed by atoms with Crippen molar-refractivity contribution in [2.24, 2.45) is 0 Å². The van der Waals surface area contributed by atoms with Crippen molar-refractivity contribution in [3.63, 3.8) is 0 Å². The fourth-order valence-electron chi connectivity index (χ4n) is 2.76. The fourth-order valence-corrected chi connectivity index (χ4v) is 3.55. The highest BCUT2D eigenvalue weighted by Crippen LogP contribution is 2.22. The predicted octanol–water partition coefficient (Wildman–Crippen LogP) is 2.84. The number of benzene rings is 1. The summed E-state index contributed by atoms with van der Waals surface area (Å²) < 4.78 is 4.74. The van der Waals surface area contributed by atoms with Gasteiger partial charge in [0, 0.05) is 11.4 Å². The molecular formula is C20H20N4O4S. The van der Waals surface area contributed by atoms with Crippen LogP contribution >= 0.6 is 11.8 Å². The average molecular weight is 412 g/mol. The standard InChI is InChI=1S/C20H20N4O4S/c1-10-6-5-7-13(8-10)22-17(25)12(3)29-20-23-16-15(18(26)24-20)14(19(27)28-4)9-11(2)21-16/h5-9,12H,1-4H3,(H,22,25)(H,21,23,24,26). The minimum atomic E-state index is -0.640. The third kappa shape index (κ3) is 4.62. The number of anilines is 1. The summed E-state index contributed by atoms with van der Waals surface area (Å²) in [6, 6.07) is 8.95. The van der Waals surface area contributed by atoms with Gasteiger partial charge in [-0.3, -0.25) is 9.59 Å². The number of aromatic amines is 1. The van der Waals surface area contributed by atoms with Crippen LogP contribution in [0.4, 0.5) is 5.69 Å². The smallest absolute Gasteiger partial charge is 0.338 e. The van der Waals surface area contributed by atoms with Gasteiger partial charge in [0.05, 0.1) is 23.3 Å². The lowest BCUT2D eigenvalue weighted by Crippen LogP contribution is -2.23. The van der Waals surface area contributed by atoms with Gasteiger partial charge < -0.3 is 15.0 Å². The van der Waals surface area contributed by atoms with E-state index in [0.717, 1.165) is 17.3 Å². The molecule has 0 aliphatic rings. The molecule has 0 spiro atoms. The molecule has 0 radical (unpaired) electrons. The van der Waals surface area contributed by atoms with Gasteiger partial charge in [-0.25, -0.2) is 14.8 Å². The summed E-state index contributed by atoms with van der Waals surface area (Å²) in [6.07, 6.45) is 0. The number of fused-ring (bicyclic) bond motifs is 1. The predicted molar refractivity (Wildman–Crippen MR) is 111 cm³/mol. The number of ether oxygens (including phenoxy) is 1. The van der Waals surface area contributed by atoms with Crippen LogP contribution in [-0.4, -0.2) is 39.2 Å². The maximum Gasteiger partial charge on any atom is 0.338 e. The number of hydrogen-bond acceptors (Lipinski definition) is 7. The Balaban J connectivity index is 1.87. The Kier molecular flexibility index (Phi) is 5.97. The average Bonchev–Trinajstić information content (AvgIpc) is 2.66. The molecule has 8 nitrogen and oxygen atoms in total. The second kappa shape index (κ2) is 8.44. The van der Waals surface area contributed by atoms with Crippen LogP contribution < -0.4 is 10.9 Å². The molecule has 2 N–H and O–H groups in total. The summed E-state index contributed by atoms with van der Waals surface area (Å²) in [4.78, 5) is 48.2. The van der Waals surface area contributed by atoms with Gasteiger partial charge in [-0.15, -0.1) is 0 Å². The number of aryl methyl sites for hydroxylation is 2. The van der Waals surface area contributed by atoms with Crippen LogP contribution in [0.1, 0.15) is 28.5 Å². The Morgan fingerprint density at radius 2 is 1.97 bits per heavy atom. The topological polar surface area (TPSA) is 114 Å². The zero-order valence-electron chi connectivity index (χ0n) is 16.4. The van der Waals surface area contributed by atoms with E-state index < -0.39 is 16.8 Å². The number of nitrogens with zero attached hydrogens (tertiary/aromatic N) is 2. The molecule has 3 aromatic rings. The molecule has 0 fully saturated rings. The molecule has 2 heterocycles. The lowest BCUT2D eigenvalue weighted by atomic mass is 10.1. The van der Waals surface area contributed by atoms with Crippen LogP contribution in [0.5, 0.6) is 0 Å². The highest BCUT2D eigenvalue weighted by Gasteiger charge is 2.20. The van der Waals surface area contributed by atoms with Gasteiger partial charge in [0.15, 0.2) is 10.8 Å². The summed E-state index contributed by atoms with van der Waals surface area (Å²) in [7, 11) is 1.24. The van der Waals surface area contributed by atoms with Crippen molar-refractivity contribution in [1.82, 2.24) is 15.0 Å². The molecule has 1 amide bonds. The van der Waals surface area contributed by atoms with Gasteiger partial charge in [-0.05, 0) is 44.5 Å². The molecule has 0 saturated heterocycles. The number of rotatable bonds is 5. The number of pyridine rings is 1. The number of nitrogens with one attached hydrogen (secondary N) is 2.